The van der Waals surface area contributed by atoms with Crippen molar-refractivity contribution in [2.75, 3.05) is 0 Å². The van der Waals surface area contributed by atoms with Crippen LogP contribution in [-0.2, 0) is 0 Å². The third-order valence-electron chi connectivity index (χ3n) is 2.54. The highest BCUT2D eigenvalue weighted by Crippen LogP contribution is 2.36. The van der Waals surface area contributed by atoms with Crippen molar-refractivity contribution in [1.29, 1.82) is 0 Å². The highest BCUT2D eigenvalue weighted by molar-refractivity contribution is 6.33. The third-order valence-corrected chi connectivity index (χ3v) is 3.58. The van der Waals surface area contributed by atoms with Crippen LogP contribution in [0.15, 0.2) is 30.3 Å². The molecule has 0 spiro atoms. The molecule has 19 heavy (non-hydrogen) atoms. The molecule has 0 bridgehead atoms. The van der Waals surface area contributed by atoms with E-state index in [1.807, 2.05) is 0 Å². The Bertz CT molecular complexity index is 629. The van der Waals surface area contributed by atoms with Crippen LogP contribution in [0.25, 0.3) is 0 Å². The Labute approximate surface area is 122 Å². The molecule has 0 aliphatic carbocycles. The average Bonchev–Trinajstić information content (AvgIpc) is 2.36. The molecule has 0 saturated carbocycles. The van der Waals surface area contributed by atoms with Crippen molar-refractivity contribution in [3.8, 4) is 0 Å². The lowest BCUT2D eigenvalue weighted by molar-refractivity contribution is 0.507. The van der Waals surface area contributed by atoms with Crippen molar-refractivity contribution in [2.45, 2.75) is 5.38 Å². The fourth-order valence-corrected chi connectivity index (χ4v) is 2.45. The van der Waals surface area contributed by atoms with Crippen molar-refractivity contribution < 1.29 is 13.2 Å². The van der Waals surface area contributed by atoms with E-state index in [2.05, 4.69) is 0 Å². The Morgan fingerprint density at radius 3 is 2.11 bits per heavy atom. The van der Waals surface area contributed by atoms with Gasteiger partial charge in [-0.05, 0) is 35.9 Å². The molecule has 0 heterocycles. The fourth-order valence-electron chi connectivity index (χ4n) is 1.61. The molecule has 2 aromatic rings. The first-order valence-electron chi connectivity index (χ1n) is 5.13. The average molecular weight is 326 g/mol. The van der Waals surface area contributed by atoms with E-state index in [9.17, 15) is 13.2 Å². The second kappa shape index (κ2) is 5.61. The Morgan fingerprint density at radius 2 is 1.42 bits per heavy atom. The van der Waals surface area contributed by atoms with Crippen LogP contribution in [0, 0.1) is 17.5 Å². The first-order valence-corrected chi connectivity index (χ1v) is 6.33. The molecule has 0 nitrogen and oxygen atoms in total. The lowest BCUT2D eigenvalue weighted by Crippen LogP contribution is -2.00. The molecule has 0 aromatic heterocycles. The van der Waals surface area contributed by atoms with E-state index in [4.69, 9.17) is 34.8 Å². The van der Waals surface area contributed by atoms with Crippen molar-refractivity contribution in [3.63, 3.8) is 0 Å². The molecule has 0 aliphatic heterocycles. The van der Waals surface area contributed by atoms with Crippen LogP contribution < -0.4 is 0 Å². The number of benzene rings is 2. The van der Waals surface area contributed by atoms with E-state index in [0.29, 0.717) is 0 Å². The normalized spacial score (nSPS) is 12.5. The van der Waals surface area contributed by atoms with Gasteiger partial charge in [-0.25, -0.2) is 13.2 Å². The molecule has 0 radical (unpaired) electrons. The lowest BCUT2D eigenvalue weighted by Gasteiger charge is -2.14. The summed E-state index contributed by atoms with van der Waals surface area (Å²) >= 11 is 17.6. The second-order valence-electron chi connectivity index (χ2n) is 3.82. The smallest absolute Gasteiger partial charge is 0.160 e. The van der Waals surface area contributed by atoms with Gasteiger partial charge >= 0.3 is 0 Å². The zero-order valence-corrected chi connectivity index (χ0v) is 11.5. The minimum Gasteiger partial charge on any atom is -0.207 e. The van der Waals surface area contributed by atoms with Crippen LogP contribution in [0.2, 0.25) is 10.0 Å². The van der Waals surface area contributed by atoms with Gasteiger partial charge in [0.25, 0.3) is 0 Å². The van der Waals surface area contributed by atoms with E-state index in [1.54, 1.807) is 0 Å². The molecular weight excluding hydrogens is 319 g/mol. The van der Waals surface area contributed by atoms with Crippen LogP contribution >= 0.6 is 34.8 Å². The van der Waals surface area contributed by atoms with Crippen molar-refractivity contribution >= 4 is 34.8 Å². The Morgan fingerprint density at radius 1 is 0.789 bits per heavy atom. The SMILES string of the molecule is Fc1cc(Cl)c(C(Cl)c2cc(Cl)ccc2F)cc1F. The van der Waals surface area contributed by atoms with Gasteiger partial charge < -0.3 is 0 Å². The summed E-state index contributed by atoms with van der Waals surface area (Å²) in [5, 5.41) is -0.875. The summed E-state index contributed by atoms with van der Waals surface area (Å²) in [6.07, 6.45) is 0. The van der Waals surface area contributed by atoms with Gasteiger partial charge in [-0.3, -0.25) is 0 Å². The molecule has 6 heteroatoms. The Hall–Kier alpha value is -0.900. The molecule has 1 atom stereocenters. The molecule has 0 amide bonds. The monoisotopic (exact) mass is 324 g/mol. The summed E-state index contributed by atoms with van der Waals surface area (Å²) in [6, 6.07) is 5.45. The number of hydrogen-bond acceptors (Lipinski definition) is 0. The molecule has 0 saturated heterocycles. The lowest BCUT2D eigenvalue weighted by atomic mass is 10.0. The largest absolute Gasteiger partial charge is 0.207 e. The molecule has 0 N–H and O–H groups in total. The molecule has 0 aliphatic rings. The minimum absolute atomic E-state index is 0.0436. The summed E-state index contributed by atoms with van der Waals surface area (Å²) < 4.78 is 39.8. The maximum Gasteiger partial charge on any atom is 0.160 e. The van der Waals surface area contributed by atoms with E-state index in [-0.39, 0.29) is 21.2 Å². The summed E-state index contributed by atoms with van der Waals surface area (Å²) in [5.74, 6) is -2.80. The van der Waals surface area contributed by atoms with E-state index in [0.717, 1.165) is 18.2 Å². The third kappa shape index (κ3) is 2.99. The molecule has 100 valence electrons. The standard InChI is InChI=1S/C13H6Cl3F3/c14-6-1-2-10(17)8(3-6)13(16)7-4-11(18)12(19)5-9(7)15/h1-5,13H. The second-order valence-corrected chi connectivity index (χ2v) is 5.10. The van der Waals surface area contributed by atoms with Crippen molar-refractivity contribution in [1.82, 2.24) is 0 Å². The highest BCUT2D eigenvalue weighted by atomic mass is 35.5. The molecule has 1 unspecified atom stereocenters. The van der Waals surface area contributed by atoms with Gasteiger partial charge in [-0.15, -0.1) is 11.6 Å². The minimum atomic E-state index is -1.10. The zero-order chi connectivity index (χ0) is 14.2. The van der Waals surface area contributed by atoms with Crippen molar-refractivity contribution in [3.05, 3.63) is 69.0 Å². The molecule has 0 fully saturated rings. The zero-order valence-electron chi connectivity index (χ0n) is 9.23. The predicted octanol–water partition coefficient (Wildman–Crippen LogP) is 5.74. The molecular formula is C13H6Cl3F3. The predicted molar refractivity (Wildman–Crippen MR) is 70.5 cm³/mol. The van der Waals surface area contributed by atoms with Crippen LogP contribution in [0.5, 0.6) is 0 Å². The van der Waals surface area contributed by atoms with Gasteiger partial charge in [0.2, 0.25) is 0 Å². The Kier molecular flexibility index (Phi) is 4.29. The first kappa shape index (κ1) is 14.5. The van der Waals surface area contributed by atoms with Crippen LogP contribution in [0.3, 0.4) is 0 Å². The van der Waals surface area contributed by atoms with Gasteiger partial charge in [-0.1, -0.05) is 23.2 Å². The topological polar surface area (TPSA) is 0 Å². The molecule has 2 rings (SSSR count). The quantitative estimate of drug-likeness (QED) is 0.488. The van der Waals surface area contributed by atoms with E-state index in [1.165, 1.54) is 12.1 Å². The number of halogens is 6. The maximum atomic E-state index is 13.7. The summed E-state index contributed by atoms with van der Waals surface area (Å²) in [4.78, 5) is 0. The number of alkyl halides is 1. The van der Waals surface area contributed by atoms with Crippen molar-refractivity contribution in [2.24, 2.45) is 0 Å². The van der Waals surface area contributed by atoms with Gasteiger partial charge in [0.1, 0.15) is 5.82 Å². The van der Waals surface area contributed by atoms with Crippen LogP contribution in [-0.4, -0.2) is 0 Å². The fraction of sp³-hybridized carbons (Fsp3) is 0.0769. The van der Waals surface area contributed by atoms with Crippen LogP contribution in [0.1, 0.15) is 16.5 Å². The summed E-state index contributed by atoms with van der Waals surface area (Å²) in [6.45, 7) is 0. The molecule has 2 aromatic carbocycles. The summed E-state index contributed by atoms with van der Waals surface area (Å²) in [5.41, 5.74) is 0.116. The van der Waals surface area contributed by atoms with Crippen LogP contribution in [0.4, 0.5) is 13.2 Å². The number of rotatable bonds is 2. The number of hydrogen-bond donors (Lipinski definition) is 0. The Balaban J connectivity index is 2.52. The summed E-state index contributed by atoms with van der Waals surface area (Å²) in [7, 11) is 0. The van der Waals surface area contributed by atoms with Gasteiger partial charge in [-0.2, -0.15) is 0 Å². The van der Waals surface area contributed by atoms with E-state index >= 15 is 0 Å². The van der Waals surface area contributed by atoms with Gasteiger partial charge in [0.15, 0.2) is 11.6 Å². The first-order chi connectivity index (χ1) is 8.90. The maximum absolute atomic E-state index is 13.7. The highest BCUT2D eigenvalue weighted by Gasteiger charge is 2.20. The van der Waals surface area contributed by atoms with E-state index < -0.39 is 22.8 Å². The van der Waals surface area contributed by atoms with Gasteiger partial charge in [0, 0.05) is 15.6 Å². The van der Waals surface area contributed by atoms with Gasteiger partial charge in [0.05, 0.1) is 5.38 Å².